The van der Waals surface area contributed by atoms with E-state index < -0.39 is 5.97 Å². The number of hydrogen-bond donors (Lipinski definition) is 1. The smallest absolute Gasteiger partial charge is 0.355 e. The van der Waals surface area contributed by atoms with Crippen molar-refractivity contribution < 1.29 is 19.1 Å². The number of nitrogens with zero attached hydrogens (tertiary/aromatic N) is 1. The largest absolute Gasteiger partial charge is 0.461 e. The Balaban J connectivity index is 1.77. The third-order valence-electron chi connectivity index (χ3n) is 4.72. The second kappa shape index (κ2) is 8.65. The Morgan fingerprint density at radius 3 is 2.21 bits per heavy atom. The minimum Gasteiger partial charge on any atom is -0.461 e. The van der Waals surface area contributed by atoms with E-state index in [-0.39, 0.29) is 12.5 Å². The van der Waals surface area contributed by atoms with Crippen LogP contribution in [0.4, 0.5) is 5.69 Å². The number of carbonyl (C=O) groups excluding carboxylic acids is 2. The van der Waals surface area contributed by atoms with Gasteiger partial charge in [0.2, 0.25) is 0 Å². The molecule has 6 heteroatoms. The van der Waals surface area contributed by atoms with Gasteiger partial charge in [-0.15, -0.1) is 0 Å². The van der Waals surface area contributed by atoms with Crippen LogP contribution in [0, 0.1) is 13.8 Å². The lowest BCUT2D eigenvalue weighted by Crippen LogP contribution is -2.14. The summed E-state index contributed by atoms with van der Waals surface area (Å²) in [5.74, 6) is 0.706. The summed E-state index contributed by atoms with van der Waals surface area (Å²) in [6, 6.07) is 16.6. The first-order valence-corrected chi connectivity index (χ1v) is 9.39. The zero-order valence-corrected chi connectivity index (χ0v) is 17.0. The SMILES string of the molecule is CCOC(=O)c1c(C)c(C(=O)Nc2ccc(Oc3ccccc3)cc2)c(C)n1C. The second-order valence-electron chi connectivity index (χ2n) is 6.61. The number of benzene rings is 2. The van der Waals surface area contributed by atoms with Crippen LogP contribution in [-0.2, 0) is 11.8 Å². The first-order chi connectivity index (χ1) is 13.9. The lowest BCUT2D eigenvalue weighted by Gasteiger charge is -2.09. The maximum atomic E-state index is 12.9. The number of hydrogen-bond acceptors (Lipinski definition) is 4. The van der Waals surface area contributed by atoms with E-state index in [0.717, 1.165) is 5.75 Å². The normalized spacial score (nSPS) is 10.5. The molecule has 0 bridgehead atoms. The zero-order valence-electron chi connectivity index (χ0n) is 17.0. The van der Waals surface area contributed by atoms with Crippen LogP contribution in [0.25, 0.3) is 0 Å². The van der Waals surface area contributed by atoms with Gasteiger partial charge in [-0.05, 0) is 62.7 Å². The van der Waals surface area contributed by atoms with Crippen LogP contribution < -0.4 is 10.1 Å². The Bertz CT molecular complexity index is 1020. The highest BCUT2D eigenvalue weighted by Crippen LogP contribution is 2.25. The molecule has 1 amide bonds. The number of esters is 1. The summed E-state index contributed by atoms with van der Waals surface area (Å²) in [7, 11) is 1.75. The van der Waals surface area contributed by atoms with E-state index in [1.165, 1.54) is 0 Å². The molecule has 150 valence electrons. The maximum Gasteiger partial charge on any atom is 0.355 e. The van der Waals surface area contributed by atoms with Gasteiger partial charge in [-0.25, -0.2) is 4.79 Å². The first-order valence-electron chi connectivity index (χ1n) is 9.39. The fourth-order valence-corrected chi connectivity index (χ4v) is 3.23. The van der Waals surface area contributed by atoms with Crippen molar-refractivity contribution in [2.75, 3.05) is 11.9 Å². The van der Waals surface area contributed by atoms with Crippen molar-refractivity contribution in [3.8, 4) is 11.5 Å². The van der Waals surface area contributed by atoms with E-state index in [1.54, 1.807) is 56.7 Å². The molecule has 1 N–H and O–H groups in total. The lowest BCUT2D eigenvalue weighted by molar-refractivity contribution is 0.0514. The number of anilines is 1. The van der Waals surface area contributed by atoms with Crippen LogP contribution in [0.3, 0.4) is 0 Å². The third-order valence-corrected chi connectivity index (χ3v) is 4.72. The summed E-state index contributed by atoms with van der Waals surface area (Å²) in [6.45, 7) is 5.59. The molecule has 2 aromatic carbocycles. The van der Waals surface area contributed by atoms with E-state index in [4.69, 9.17) is 9.47 Å². The lowest BCUT2D eigenvalue weighted by atomic mass is 10.1. The molecule has 0 fully saturated rings. The third kappa shape index (κ3) is 4.32. The molecule has 1 heterocycles. The highest BCUT2D eigenvalue weighted by Gasteiger charge is 2.25. The molecule has 0 atom stereocenters. The van der Waals surface area contributed by atoms with Gasteiger partial charge >= 0.3 is 5.97 Å². The standard InChI is InChI=1S/C23H24N2O4/c1-5-28-23(27)21-15(2)20(16(3)25(21)4)22(26)24-17-11-13-19(14-12-17)29-18-9-7-6-8-10-18/h6-14H,5H2,1-4H3,(H,24,26). The zero-order chi connectivity index (χ0) is 21.0. The van der Waals surface area contributed by atoms with Crippen LogP contribution in [0.2, 0.25) is 0 Å². The van der Waals surface area contributed by atoms with Crippen molar-refractivity contribution >= 4 is 17.6 Å². The number of rotatable bonds is 6. The molecule has 6 nitrogen and oxygen atoms in total. The molecule has 1 aromatic heterocycles. The Morgan fingerprint density at radius 2 is 1.59 bits per heavy atom. The second-order valence-corrected chi connectivity index (χ2v) is 6.61. The Hall–Kier alpha value is -3.54. The summed E-state index contributed by atoms with van der Waals surface area (Å²) in [5.41, 5.74) is 2.80. The van der Waals surface area contributed by atoms with E-state index in [1.807, 2.05) is 30.3 Å². The molecule has 29 heavy (non-hydrogen) atoms. The molecule has 0 unspecified atom stereocenters. The van der Waals surface area contributed by atoms with E-state index in [2.05, 4.69) is 5.32 Å². The number of amides is 1. The van der Waals surface area contributed by atoms with Crippen LogP contribution in [0.1, 0.15) is 39.0 Å². The molecule has 0 aliphatic heterocycles. The average Bonchev–Trinajstić information content (AvgIpc) is 2.93. The number of carbonyl (C=O) groups is 2. The molecule has 3 aromatic rings. The van der Waals surface area contributed by atoms with Crippen molar-refractivity contribution in [3.63, 3.8) is 0 Å². The van der Waals surface area contributed by atoms with Crippen molar-refractivity contribution in [2.45, 2.75) is 20.8 Å². The molecule has 0 radical (unpaired) electrons. The highest BCUT2D eigenvalue weighted by atomic mass is 16.5. The minimum atomic E-state index is -0.433. The number of ether oxygens (including phenoxy) is 2. The van der Waals surface area contributed by atoms with Gasteiger partial charge < -0.3 is 19.4 Å². The van der Waals surface area contributed by atoms with Crippen LogP contribution in [0.5, 0.6) is 11.5 Å². The fourth-order valence-electron chi connectivity index (χ4n) is 3.23. The number of para-hydroxylation sites is 1. The molecule has 3 rings (SSSR count). The summed E-state index contributed by atoms with van der Waals surface area (Å²) in [4.78, 5) is 25.1. The first kappa shape index (κ1) is 20.2. The topological polar surface area (TPSA) is 69.6 Å². The molecule has 0 saturated heterocycles. The van der Waals surface area contributed by atoms with E-state index in [0.29, 0.717) is 34.0 Å². The van der Waals surface area contributed by atoms with Gasteiger partial charge in [-0.1, -0.05) is 18.2 Å². The number of nitrogens with one attached hydrogen (secondary N) is 1. The van der Waals surface area contributed by atoms with E-state index in [9.17, 15) is 9.59 Å². The Kier molecular flexibility index (Phi) is 6.02. The van der Waals surface area contributed by atoms with Crippen molar-refractivity contribution in [1.82, 2.24) is 4.57 Å². The summed E-state index contributed by atoms with van der Waals surface area (Å²) in [5, 5.41) is 2.88. The predicted molar refractivity (Wildman–Crippen MR) is 112 cm³/mol. The Labute approximate surface area is 170 Å². The van der Waals surface area contributed by atoms with Gasteiger partial charge in [0, 0.05) is 18.4 Å². The predicted octanol–water partition coefficient (Wildman–Crippen LogP) is 4.86. The van der Waals surface area contributed by atoms with Crippen molar-refractivity contribution in [2.24, 2.45) is 7.05 Å². The average molecular weight is 392 g/mol. The highest BCUT2D eigenvalue weighted by molar-refractivity contribution is 6.08. The van der Waals surface area contributed by atoms with Crippen molar-refractivity contribution in [3.05, 3.63) is 77.1 Å². The summed E-state index contributed by atoms with van der Waals surface area (Å²) in [6.07, 6.45) is 0. The van der Waals surface area contributed by atoms with Crippen molar-refractivity contribution in [1.29, 1.82) is 0 Å². The molecule has 0 aliphatic carbocycles. The monoisotopic (exact) mass is 392 g/mol. The molecular formula is C23H24N2O4. The van der Waals surface area contributed by atoms with Gasteiger partial charge in [0.05, 0.1) is 12.2 Å². The van der Waals surface area contributed by atoms with E-state index >= 15 is 0 Å². The van der Waals surface area contributed by atoms with Gasteiger partial charge in [0.25, 0.3) is 5.91 Å². The quantitative estimate of drug-likeness (QED) is 0.608. The van der Waals surface area contributed by atoms with Gasteiger partial charge in [0.1, 0.15) is 17.2 Å². The van der Waals surface area contributed by atoms with Crippen LogP contribution >= 0.6 is 0 Å². The molecule has 0 spiro atoms. The van der Waals surface area contributed by atoms with Gasteiger partial charge in [-0.2, -0.15) is 0 Å². The van der Waals surface area contributed by atoms with Gasteiger partial charge in [0.15, 0.2) is 0 Å². The Morgan fingerprint density at radius 1 is 0.966 bits per heavy atom. The summed E-state index contributed by atoms with van der Waals surface area (Å²) >= 11 is 0. The van der Waals surface area contributed by atoms with Crippen LogP contribution in [-0.4, -0.2) is 23.1 Å². The molecular weight excluding hydrogens is 368 g/mol. The fraction of sp³-hybridized carbons (Fsp3) is 0.217. The number of aromatic nitrogens is 1. The minimum absolute atomic E-state index is 0.275. The summed E-state index contributed by atoms with van der Waals surface area (Å²) < 4.78 is 12.6. The molecule has 0 saturated carbocycles. The molecule has 0 aliphatic rings. The van der Waals surface area contributed by atoms with Crippen LogP contribution in [0.15, 0.2) is 54.6 Å². The van der Waals surface area contributed by atoms with Gasteiger partial charge in [-0.3, -0.25) is 4.79 Å². The maximum absolute atomic E-state index is 12.9.